The lowest BCUT2D eigenvalue weighted by Gasteiger charge is -2.10. The molecule has 0 saturated heterocycles. The Morgan fingerprint density at radius 3 is 2.78 bits per heavy atom. The van der Waals surface area contributed by atoms with Crippen molar-refractivity contribution in [1.82, 2.24) is 20.6 Å². The largest absolute Gasteiger partial charge is 0.448 e. The van der Waals surface area contributed by atoms with E-state index in [9.17, 15) is 0 Å². The predicted octanol–water partition coefficient (Wildman–Crippen LogP) is 1.39. The van der Waals surface area contributed by atoms with E-state index in [0.717, 1.165) is 12.2 Å². The van der Waals surface area contributed by atoms with E-state index in [1.165, 1.54) is 11.1 Å². The van der Waals surface area contributed by atoms with Crippen molar-refractivity contribution in [1.29, 1.82) is 0 Å². The van der Waals surface area contributed by atoms with Crippen molar-refractivity contribution in [3.8, 4) is 0 Å². The summed E-state index contributed by atoms with van der Waals surface area (Å²) in [6.07, 6.45) is 5.07. The van der Waals surface area contributed by atoms with Gasteiger partial charge in [-0.25, -0.2) is 4.98 Å². The van der Waals surface area contributed by atoms with Gasteiger partial charge in [-0.15, -0.1) is 0 Å². The minimum absolute atomic E-state index is 0.615. The fourth-order valence-corrected chi connectivity index (χ4v) is 1.81. The highest BCUT2D eigenvalue weighted by atomic mass is 16.3. The fraction of sp³-hybridized carbons (Fsp3) is 0.385. The Bertz CT molecular complexity index is 482. The summed E-state index contributed by atoms with van der Waals surface area (Å²) in [4.78, 5) is 8.46. The Labute approximate surface area is 107 Å². The van der Waals surface area contributed by atoms with E-state index >= 15 is 0 Å². The van der Waals surface area contributed by atoms with Gasteiger partial charge in [0.05, 0.1) is 18.4 Å². The average Bonchev–Trinajstić information content (AvgIpc) is 2.87. The monoisotopic (exact) mass is 246 g/mol. The molecule has 0 aliphatic rings. The van der Waals surface area contributed by atoms with Crippen LogP contribution in [0.15, 0.2) is 29.1 Å². The van der Waals surface area contributed by atoms with Crippen molar-refractivity contribution in [2.24, 2.45) is 0 Å². The van der Waals surface area contributed by atoms with E-state index in [4.69, 9.17) is 4.42 Å². The predicted molar refractivity (Wildman–Crippen MR) is 68.8 cm³/mol. The van der Waals surface area contributed by atoms with Gasteiger partial charge in [0, 0.05) is 19.3 Å². The van der Waals surface area contributed by atoms with E-state index < -0.39 is 0 Å². The first-order valence-corrected chi connectivity index (χ1v) is 5.98. The quantitative estimate of drug-likeness (QED) is 0.806. The van der Waals surface area contributed by atoms with Crippen molar-refractivity contribution in [3.63, 3.8) is 0 Å². The molecule has 0 radical (unpaired) electrons. The molecule has 0 atom stereocenters. The highest BCUT2D eigenvalue weighted by Crippen LogP contribution is 2.11. The maximum atomic E-state index is 5.16. The number of nitrogens with zero attached hydrogens (tertiary/aromatic N) is 2. The van der Waals surface area contributed by atoms with Crippen LogP contribution < -0.4 is 10.6 Å². The van der Waals surface area contributed by atoms with Gasteiger partial charge in [0.1, 0.15) is 6.26 Å². The first-order chi connectivity index (χ1) is 8.81. The van der Waals surface area contributed by atoms with Crippen LogP contribution in [0, 0.1) is 6.92 Å². The first kappa shape index (κ1) is 12.7. The number of oxazole rings is 1. The lowest BCUT2D eigenvalue weighted by atomic mass is 10.1. The summed E-state index contributed by atoms with van der Waals surface area (Å²) in [5.74, 6) is 0.694. The third-order valence-corrected chi connectivity index (χ3v) is 2.84. The fourth-order valence-electron chi connectivity index (χ4n) is 1.81. The maximum Gasteiger partial charge on any atom is 0.207 e. The van der Waals surface area contributed by atoms with Crippen LogP contribution in [0.25, 0.3) is 0 Å². The number of pyridine rings is 1. The standard InChI is InChI=1S/C13H18N4O/c1-10-11(7-14-2)3-4-16-12(10)8-15-9-13-17-5-6-18-13/h3-6,14-15H,7-9H2,1-2H3. The number of rotatable bonds is 6. The van der Waals surface area contributed by atoms with Gasteiger partial charge in [0.2, 0.25) is 5.89 Å². The zero-order valence-electron chi connectivity index (χ0n) is 10.7. The SMILES string of the molecule is CNCc1ccnc(CNCc2ncco2)c1C. The van der Waals surface area contributed by atoms with Crippen LogP contribution in [0.4, 0.5) is 0 Å². The molecule has 0 fully saturated rings. The topological polar surface area (TPSA) is 63.0 Å². The number of aromatic nitrogens is 2. The lowest BCUT2D eigenvalue weighted by Crippen LogP contribution is -2.16. The van der Waals surface area contributed by atoms with Crippen LogP contribution >= 0.6 is 0 Å². The van der Waals surface area contributed by atoms with E-state index in [2.05, 4.69) is 27.5 Å². The normalized spacial score (nSPS) is 10.8. The number of nitrogens with one attached hydrogen (secondary N) is 2. The zero-order chi connectivity index (χ0) is 12.8. The van der Waals surface area contributed by atoms with Crippen molar-refractivity contribution >= 4 is 0 Å². The Morgan fingerprint density at radius 1 is 1.17 bits per heavy atom. The van der Waals surface area contributed by atoms with Gasteiger partial charge in [-0.05, 0) is 31.2 Å². The van der Waals surface area contributed by atoms with Gasteiger partial charge >= 0.3 is 0 Å². The molecule has 0 aromatic carbocycles. The summed E-state index contributed by atoms with van der Waals surface area (Å²) < 4.78 is 5.16. The van der Waals surface area contributed by atoms with Crippen LogP contribution in [0.1, 0.15) is 22.7 Å². The van der Waals surface area contributed by atoms with Gasteiger partial charge in [-0.2, -0.15) is 0 Å². The molecule has 18 heavy (non-hydrogen) atoms. The molecular weight excluding hydrogens is 228 g/mol. The van der Waals surface area contributed by atoms with Crippen LogP contribution in [-0.2, 0) is 19.6 Å². The van der Waals surface area contributed by atoms with E-state index in [-0.39, 0.29) is 0 Å². The summed E-state index contributed by atoms with van der Waals surface area (Å²) in [5, 5.41) is 6.43. The first-order valence-electron chi connectivity index (χ1n) is 5.98. The molecule has 2 aromatic heterocycles. The molecule has 0 aliphatic carbocycles. The Morgan fingerprint density at radius 2 is 2.06 bits per heavy atom. The summed E-state index contributed by atoms with van der Waals surface area (Å²) in [5.41, 5.74) is 3.57. The van der Waals surface area contributed by atoms with E-state index in [1.807, 2.05) is 19.3 Å². The molecule has 2 N–H and O–H groups in total. The minimum Gasteiger partial charge on any atom is -0.448 e. The van der Waals surface area contributed by atoms with Gasteiger partial charge < -0.3 is 15.1 Å². The molecule has 0 spiro atoms. The Balaban J connectivity index is 1.94. The van der Waals surface area contributed by atoms with Crippen molar-refractivity contribution in [2.45, 2.75) is 26.6 Å². The van der Waals surface area contributed by atoms with E-state index in [0.29, 0.717) is 19.0 Å². The summed E-state index contributed by atoms with van der Waals surface area (Å²) >= 11 is 0. The lowest BCUT2D eigenvalue weighted by molar-refractivity contribution is 0.466. The molecule has 2 rings (SSSR count). The third-order valence-electron chi connectivity index (χ3n) is 2.84. The minimum atomic E-state index is 0.615. The molecule has 2 heterocycles. The molecule has 5 nitrogen and oxygen atoms in total. The van der Waals surface area contributed by atoms with Crippen LogP contribution in [0.3, 0.4) is 0 Å². The molecule has 0 saturated carbocycles. The van der Waals surface area contributed by atoms with E-state index in [1.54, 1.807) is 12.5 Å². The molecule has 0 aliphatic heterocycles. The Kier molecular flexibility index (Phi) is 4.44. The molecule has 0 bridgehead atoms. The zero-order valence-corrected chi connectivity index (χ0v) is 10.7. The molecular formula is C13H18N4O. The van der Waals surface area contributed by atoms with Crippen molar-refractivity contribution in [2.75, 3.05) is 7.05 Å². The third kappa shape index (κ3) is 3.15. The van der Waals surface area contributed by atoms with Crippen LogP contribution in [0.2, 0.25) is 0 Å². The summed E-state index contributed by atoms with van der Waals surface area (Å²) in [7, 11) is 1.94. The second kappa shape index (κ2) is 6.28. The van der Waals surface area contributed by atoms with Crippen molar-refractivity contribution < 1.29 is 4.42 Å². The molecule has 2 aromatic rings. The number of hydrogen-bond donors (Lipinski definition) is 2. The van der Waals surface area contributed by atoms with Gasteiger partial charge in [-0.3, -0.25) is 4.98 Å². The average molecular weight is 246 g/mol. The molecule has 5 heteroatoms. The summed E-state index contributed by atoms with van der Waals surface area (Å²) in [6, 6.07) is 2.05. The van der Waals surface area contributed by atoms with Crippen LogP contribution in [0.5, 0.6) is 0 Å². The van der Waals surface area contributed by atoms with Crippen LogP contribution in [-0.4, -0.2) is 17.0 Å². The molecule has 0 unspecified atom stereocenters. The van der Waals surface area contributed by atoms with Crippen molar-refractivity contribution in [3.05, 3.63) is 47.4 Å². The Hall–Kier alpha value is -1.72. The van der Waals surface area contributed by atoms with Gasteiger partial charge in [0.25, 0.3) is 0 Å². The second-order valence-corrected chi connectivity index (χ2v) is 4.10. The second-order valence-electron chi connectivity index (χ2n) is 4.10. The molecule has 96 valence electrons. The van der Waals surface area contributed by atoms with Gasteiger partial charge in [0.15, 0.2) is 0 Å². The van der Waals surface area contributed by atoms with Gasteiger partial charge in [-0.1, -0.05) is 0 Å². The smallest absolute Gasteiger partial charge is 0.207 e. The number of hydrogen-bond acceptors (Lipinski definition) is 5. The maximum absolute atomic E-state index is 5.16. The highest BCUT2D eigenvalue weighted by molar-refractivity contribution is 5.28. The summed E-state index contributed by atoms with van der Waals surface area (Å²) in [6.45, 7) is 4.29. The molecule has 0 amide bonds. The highest BCUT2D eigenvalue weighted by Gasteiger charge is 2.05.